The number of hydrogen-bond acceptors (Lipinski definition) is 4. The fourth-order valence-electron chi connectivity index (χ4n) is 2.74. The third-order valence-electron chi connectivity index (χ3n) is 3.88. The number of hydrogen-bond donors (Lipinski definition) is 0. The van der Waals surface area contributed by atoms with Gasteiger partial charge in [0, 0.05) is 0 Å². The third kappa shape index (κ3) is 2.27. The number of carbonyl (C=O) groups is 2. The number of methoxy groups -OCH3 is 2. The van der Waals surface area contributed by atoms with Crippen molar-refractivity contribution in [2.75, 3.05) is 14.2 Å². The van der Waals surface area contributed by atoms with E-state index in [1.807, 2.05) is 39.0 Å². The lowest BCUT2D eigenvalue weighted by Crippen LogP contribution is -2.15. The van der Waals surface area contributed by atoms with Crippen LogP contribution in [-0.4, -0.2) is 26.2 Å². The van der Waals surface area contributed by atoms with Crippen molar-refractivity contribution < 1.29 is 19.1 Å². The van der Waals surface area contributed by atoms with Crippen molar-refractivity contribution >= 4 is 22.7 Å². The first-order chi connectivity index (χ1) is 9.93. The molecule has 110 valence electrons. The first-order valence-electron chi connectivity index (χ1n) is 6.63. The zero-order valence-electron chi connectivity index (χ0n) is 12.9. The predicted molar refractivity (Wildman–Crippen MR) is 80.8 cm³/mol. The van der Waals surface area contributed by atoms with Crippen molar-refractivity contribution in [2.24, 2.45) is 0 Å². The number of rotatable bonds is 2. The van der Waals surface area contributed by atoms with Crippen molar-refractivity contribution in [1.29, 1.82) is 0 Å². The molecule has 2 aromatic rings. The number of benzene rings is 2. The summed E-state index contributed by atoms with van der Waals surface area (Å²) in [6, 6.07) is 5.67. The van der Waals surface area contributed by atoms with E-state index in [0.717, 1.165) is 22.1 Å². The van der Waals surface area contributed by atoms with Crippen molar-refractivity contribution in [3.8, 4) is 0 Å². The molecule has 4 heteroatoms. The molecule has 0 saturated carbocycles. The molecule has 0 aromatic heterocycles. The van der Waals surface area contributed by atoms with Crippen LogP contribution in [0.25, 0.3) is 10.8 Å². The monoisotopic (exact) mass is 286 g/mol. The molecule has 0 radical (unpaired) electrons. The third-order valence-corrected chi connectivity index (χ3v) is 3.88. The molecular formula is C17H18O4. The van der Waals surface area contributed by atoms with E-state index in [-0.39, 0.29) is 11.1 Å². The molecule has 2 rings (SSSR count). The quantitative estimate of drug-likeness (QED) is 0.794. The molecule has 0 saturated heterocycles. The van der Waals surface area contributed by atoms with Gasteiger partial charge in [-0.05, 0) is 48.2 Å². The minimum atomic E-state index is -0.533. The van der Waals surface area contributed by atoms with Gasteiger partial charge in [-0.15, -0.1) is 0 Å². The maximum Gasteiger partial charge on any atom is 0.339 e. The van der Waals surface area contributed by atoms with Crippen LogP contribution in [0.3, 0.4) is 0 Å². The first-order valence-corrected chi connectivity index (χ1v) is 6.63. The van der Waals surface area contributed by atoms with E-state index in [4.69, 9.17) is 9.47 Å². The fraction of sp³-hybridized carbons (Fsp3) is 0.294. The molecular weight excluding hydrogens is 268 g/mol. The van der Waals surface area contributed by atoms with E-state index in [2.05, 4.69) is 0 Å². The summed E-state index contributed by atoms with van der Waals surface area (Å²) in [5, 5.41) is 1.69. The molecule has 0 aliphatic heterocycles. The van der Waals surface area contributed by atoms with Gasteiger partial charge in [-0.1, -0.05) is 18.2 Å². The largest absolute Gasteiger partial charge is 0.465 e. The van der Waals surface area contributed by atoms with Gasteiger partial charge in [-0.25, -0.2) is 9.59 Å². The van der Waals surface area contributed by atoms with E-state index >= 15 is 0 Å². The molecule has 4 nitrogen and oxygen atoms in total. The average molecular weight is 286 g/mol. The fourth-order valence-corrected chi connectivity index (χ4v) is 2.74. The summed E-state index contributed by atoms with van der Waals surface area (Å²) in [6.45, 7) is 5.74. The van der Waals surface area contributed by atoms with E-state index in [0.29, 0.717) is 5.39 Å². The maximum absolute atomic E-state index is 12.2. The minimum absolute atomic E-state index is 0.270. The zero-order valence-corrected chi connectivity index (χ0v) is 12.9. The summed E-state index contributed by atoms with van der Waals surface area (Å²) >= 11 is 0. The van der Waals surface area contributed by atoms with Crippen molar-refractivity contribution in [2.45, 2.75) is 20.8 Å². The van der Waals surface area contributed by atoms with Crippen LogP contribution in [0, 0.1) is 20.8 Å². The summed E-state index contributed by atoms with van der Waals surface area (Å²) in [5.74, 6) is -1.06. The summed E-state index contributed by atoms with van der Waals surface area (Å²) in [7, 11) is 2.61. The van der Waals surface area contributed by atoms with E-state index in [1.165, 1.54) is 14.2 Å². The lowest BCUT2D eigenvalue weighted by Gasteiger charge is -2.17. The Morgan fingerprint density at radius 2 is 1.43 bits per heavy atom. The van der Waals surface area contributed by atoms with Crippen LogP contribution in [0.5, 0.6) is 0 Å². The second kappa shape index (κ2) is 5.56. The standard InChI is InChI=1S/C17H18O4/c1-9-7-6-8-12-13(9)10(2)11(3)14(16(18)20-4)15(12)17(19)21-5/h6-8H,1-5H3. The molecule has 21 heavy (non-hydrogen) atoms. The highest BCUT2D eigenvalue weighted by molar-refractivity contribution is 6.15. The molecule has 2 aromatic carbocycles. The van der Waals surface area contributed by atoms with E-state index < -0.39 is 11.9 Å². The predicted octanol–water partition coefficient (Wildman–Crippen LogP) is 3.34. The summed E-state index contributed by atoms with van der Waals surface area (Å²) in [4.78, 5) is 24.3. The molecule has 0 heterocycles. The average Bonchev–Trinajstić information content (AvgIpc) is 2.48. The van der Waals surface area contributed by atoms with Crippen LogP contribution in [0.2, 0.25) is 0 Å². The van der Waals surface area contributed by atoms with Gasteiger partial charge in [0.05, 0.1) is 25.3 Å². The van der Waals surface area contributed by atoms with E-state index in [1.54, 1.807) is 0 Å². The Kier molecular flexibility index (Phi) is 3.98. The Balaban J connectivity index is 3.05. The number of fused-ring (bicyclic) bond motifs is 1. The van der Waals surface area contributed by atoms with Gasteiger partial charge in [0.25, 0.3) is 0 Å². The number of ether oxygens (including phenoxy) is 2. The van der Waals surface area contributed by atoms with Crippen LogP contribution in [0.1, 0.15) is 37.4 Å². The summed E-state index contributed by atoms with van der Waals surface area (Å²) in [6.07, 6.45) is 0. The highest BCUT2D eigenvalue weighted by atomic mass is 16.5. The second-order valence-corrected chi connectivity index (χ2v) is 4.98. The molecule has 0 amide bonds. The van der Waals surface area contributed by atoms with Crippen molar-refractivity contribution in [3.05, 3.63) is 46.0 Å². The van der Waals surface area contributed by atoms with Crippen LogP contribution in [0.4, 0.5) is 0 Å². The normalized spacial score (nSPS) is 10.5. The number of aryl methyl sites for hydroxylation is 2. The number of esters is 2. The molecule has 0 aliphatic rings. The van der Waals surface area contributed by atoms with E-state index in [9.17, 15) is 9.59 Å². The highest BCUT2D eigenvalue weighted by Gasteiger charge is 2.26. The molecule has 0 aliphatic carbocycles. The molecule has 0 atom stereocenters. The second-order valence-electron chi connectivity index (χ2n) is 4.98. The van der Waals surface area contributed by atoms with Gasteiger partial charge in [-0.2, -0.15) is 0 Å². The Morgan fingerprint density at radius 1 is 0.857 bits per heavy atom. The molecule has 0 bridgehead atoms. The Hall–Kier alpha value is -2.36. The van der Waals surface area contributed by atoms with Gasteiger partial charge < -0.3 is 9.47 Å². The van der Waals surface area contributed by atoms with Gasteiger partial charge in [0.1, 0.15) is 0 Å². The maximum atomic E-state index is 12.2. The van der Waals surface area contributed by atoms with Crippen LogP contribution in [-0.2, 0) is 9.47 Å². The van der Waals surface area contributed by atoms with Gasteiger partial charge >= 0.3 is 11.9 Å². The summed E-state index contributed by atoms with van der Waals surface area (Å²) in [5.41, 5.74) is 3.31. The van der Waals surface area contributed by atoms with Gasteiger partial charge in [-0.3, -0.25) is 0 Å². The number of carbonyl (C=O) groups excluding carboxylic acids is 2. The van der Waals surface area contributed by atoms with Crippen LogP contribution < -0.4 is 0 Å². The lowest BCUT2D eigenvalue weighted by molar-refractivity contribution is 0.0556. The smallest absolute Gasteiger partial charge is 0.339 e. The molecule has 0 fully saturated rings. The molecule has 0 unspecified atom stereocenters. The van der Waals surface area contributed by atoms with Crippen LogP contribution >= 0.6 is 0 Å². The van der Waals surface area contributed by atoms with Crippen molar-refractivity contribution in [1.82, 2.24) is 0 Å². The van der Waals surface area contributed by atoms with Crippen molar-refractivity contribution in [3.63, 3.8) is 0 Å². The minimum Gasteiger partial charge on any atom is -0.465 e. The molecule has 0 N–H and O–H groups in total. The van der Waals surface area contributed by atoms with Gasteiger partial charge in [0.2, 0.25) is 0 Å². The highest BCUT2D eigenvalue weighted by Crippen LogP contribution is 2.33. The topological polar surface area (TPSA) is 52.6 Å². The SMILES string of the molecule is COC(=O)c1c(C)c(C)c2c(C)cccc2c1C(=O)OC. The zero-order chi connectivity index (χ0) is 15.7. The summed E-state index contributed by atoms with van der Waals surface area (Å²) < 4.78 is 9.71. The van der Waals surface area contributed by atoms with Gasteiger partial charge in [0.15, 0.2) is 0 Å². The Labute approximate surface area is 123 Å². The first kappa shape index (κ1) is 15.0. The Bertz CT molecular complexity index is 744. The lowest BCUT2D eigenvalue weighted by atomic mass is 9.88. The Morgan fingerprint density at radius 3 is 2.00 bits per heavy atom. The van der Waals surface area contributed by atoms with Crippen LogP contribution in [0.15, 0.2) is 18.2 Å². The molecule has 0 spiro atoms.